The number of carbonyl (C=O) groups excluding carboxylic acids is 1. The van der Waals surface area contributed by atoms with Crippen molar-refractivity contribution < 1.29 is 22.3 Å². The lowest BCUT2D eigenvalue weighted by atomic mass is 10.0. The molecule has 1 aliphatic rings. The molecular formula is C31H25FN4O4S2. The number of nitrogens with zero attached hydrogens (tertiary/aromatic N) is 4. The number of hydrogen-bond donors (Lipinski definition) is 0. The Morgan fingerprint density at radius 2 is 1.76 bits per heavy atom. The van der Waals surface area contributed by atoms with Crippen LogP contribution >= 0.6 is 11.3 Å². The van der Waals surface area contributed by atoms with E-state index in [4.69, 9.17) is 4.74 Å². The normalized spacial score (nSPS) is 13.8. The van der Waals surface area contributed by atoms with Gasteiger partial charge in [0.1, 0.15) is 11.6 Å². The van der Waals surface area contributed by atoms with Crippen LogP contribution in [0.4, 0.5) is 9.52 Å². The zero-order chi connectivity index (χ0) is 29.3. The Morgan fingerprint density at radius 1 is 1.02 bits per heavy atom. The second-order valence-electron chi connectivity index (χ2n) is 9.62. The van der Waals surface area contributed by atoms with Crippen molar-refractivity contribution in [1.82, 2.24) is 9.29 Å². The van der Waals surface area contributed by atoms with Crippen molar-refractivity contribution in [1.29, 1.82) is 0 Å². The molecular weight excluding hydrogens is 575 g/mol. The number of anilines is 1. The Balaban J connectivity index is 1.30. The Labute approximate surface area is 246 Å². The minimum Gasteiger partial charge on any atom is -0.497 e. The highest BCUT2D eigenvalue weighted by Gasteiger charge is 2.29. The van der Waals surface area contributed by atoms with Gasteiger partial charge < -0.3 is 4.74 Å². The van der Waals surface area contributed by atoms with Gasteiger partial charge in [0.2, 0.25) is 15.2 Å². The Morgan fingerprint density at radius 3 is 2.50 bits per heavy atom. The number of sulfonamides is 1. The molecule has 8 nitrogen and oxygen atoms in total. The van der Waals surface area contributed by atoms with E-state index < -0.39 is 15.9 Å². The zero-order valence-corrected chi connectivity index (χ0v) is 24.1. The van der Waals surface area contributed by atoms with Crippen molar-refractivity contribution in [2.45, 2.75) is 17.9 Å². The number of thiazole rings is 1. The zero-order valence-electron chi connectivity index (χ0n) is 22.5. The van der Waals surface area contributed by atoms with Crippen LogP contribution < -0.4 is 9.75 Å². The molecule has 6 rings (SSSR count). The van der Waals surface area contributed by atoms with Gasteiger partial charge in [-0.2, -0.15) is 14.4 Å². The summed E-state index contributed by atoms with van der Waals surface area (Å²) in [5.74, 6) is -0.237. The largest absolute Gasteiger partial charge is 0.497 e. The van der Waals surface area contributed by atoms with Crippen LogP contribution in [0.15, 0.2) is 101 Å². The van der Waals surface area contributed by atoms with E-state index in [9.17, 15) is 17.6 Å². The predicted molar refractivity (Wildman–Crippen MR) is 161 cm³/mol. The fraction of sp³-hybridized carbons (Fsp3) is 0.129. The summed E-state index contributed by atoms with van der Waals surface area (Å²) in [6, 6.07) is 24.7. The first-order valence-corrected chi connectivity index (χ1v) is 15.3. The molecule has 1 aliphatic heterocycles. The quantitative estimate of drug-likeness (QED) is 0.172. The number of hydrogen-bond acceptors (Lipinski definition) is 7. The molecule has 0 fully saturated rings. The van der Waals surface area contributed by atoms with Crippen LogP contribution in [0.1, 0.15) is 27.0 Å². The second-order valence-corrected chi connectivity index (χ2v) is 12.6. The monoisotopic (exact) mass is 600 g/mol. The van der Waals surface area contributed by atoms with Crippen LogP contribution in [0.2, 0.25) is 0 Å². The number of aromatic nitrogens is 1. The van der Waals surface area contributed by atoms with E-state index in [2.05, 4.69) is 10.1 Å². The fourth-order valence-corrected chi connectivity index (χ4v) is 7.06. The van der Waals surface area contributed by atoms with Gasteiger partial charge in [-0.15, -0.1) is 0 Å². The van der Waals surface area contributed by atoms with Crippen molar-refractivity contribution >= 4 is 48.8 Å². The maximum absolute atomic E-state index is 13.8. The van der Waals surface area contributed by atoms with Crippen LogP contribution in [0.5, 0.6) is 5.75 Å². The standard InChI is InChI=1S/C31H25FN4O4S2/c1-40-26-12-15-28-29(18-26)41-31(34-28)36(33-19-21-6-10-25(32)11-7-21)30(37)23-8-13-27(14-9-23)42(38,39)35-17-16-22-4-2-3-5-24(22)20-35/h2-15,18-19H,16-17,20H2,1H3/b33-19+. The summed E-state index contributed by atoms with van der Waals surface area (Å²) < 4.78 is 47.8. The van der Waals surface area contributed by atoms with Gasteiger partial charge in [-0.1, -0.05) is 47.7 Å². The molecule has 2 heterocycles. The van der Waals surface area contributed by atoms with Crippen molar-refractivity contribution in [2.75, 3.05) is 18.7 Å². The third kappa shape index (κ3) is 5.54. The van der Waals surface area contributed by atoms with Gasteiger partial charge in [0, 0.05) is 18.7 Å². The molecule has 11 heteroatoms. The topological polar surface area (TPSA) is 92.2 Å². The molecule has 42 heavy (non-hydrogen) atoms. The van der Waals surface area contributed by atoms with Gasteiger partial charge in [0.15, 0.2) is 0 Å². The summed E-state index contributed by atoms with van der Waals surface area (Å²) in [5, 5.41) is 5.87. The summed E-state index contributed by atoms with van der Waals surface area (Å²) in [6.45, 7) is 0.682. The molecule has 0 aliphatic carbocycles. The number of hydrazone groups is 1. The molecule has 0 radical (unpaired) electrons. The molecule has 1 aromatic heterocycles. The van der Waals surface area contributed by atoms with Gasteiger partial charge in [0.25, 0.3) is 5.91 Å². The van der Waals surface area contributed by atoms with Crippen molar-refractivity contribution in [3.05, 3.63) is 119 Å². The molecule has 4 aromatic carbocycles. The van der Waals surface area contributed by atoms with E-state index in [1.165, 1.54) is 58.3 Å². The van der Waals surface area contributed by atoms with Crippen LogP contribution in [0.25, 0.3) is 10.2 Å². The SMILES string of the molecule is COc1ccc2nc(N(/N=C/c3ccc(F)cc3)C(=O)c3ccc(S(=O)(=O)N4CCc5ccccc5C4)cc3)sc2c1. The minimum absolute atomic E-state index is 0.104. The molecule has 0 N–H and O–H groups in total. The molecule has 0 saturated carbocycles. The molecule has 0 unspecified atom stereocenters. The lowest BCUT2D eigenvalue weighted by Gasteiger charge is -2.28. The number of benzene rings is 4. The highest BCUT2D eigenvalue weighted by atomic mass is 32.2. The summed E-state index contributed by atoms with van der Waals surface area (Å²) in [7, 11) is -2.20. The van der Waals surface area contributed by atoms with E-state index >= 15 is 0 Å². The number of fused-ring (bicyclic) bond motifs is 2. The maximum Gasteiger partial charge on any atom is 0.280 e. The first-order chi connectivity index (χ1) is 20.3. The number of carbonyl (C=O) groups is 1. The van der Waals surface area contributed by atoms with Gasteiger partial charge in [-0.3, -0.25) is 4.79 Å². The number of ether oxygens (including phenoxy) is 1. The number of halogens is 1. The summed E-state index contributed by atoms with van der Waals surface area (Å²) >= 11 is 1.25. The summed E-state index contributed by atoms with van der Waals surface area (Å²) in [4.78, 5) is 18.4. The highest BCUT2D eigenvalue weighted by Crippen LogP contribution is 2.33. The van der Waals surface area contributed by atoms with Crippen LogP contribution in [0.3, 0.4) is 0 Å². The average molecular weight is 601 g/mol. The molecule has 1 amide bonds. The lowest BCUT2D eigenvalue weighted by molar-refractivity contribution is 0.0987. The average Bonchev–Trinajstić information content (AvgIpc) is 3.44. The van der Waals surface area contributed by atoms with Gasteiger partial charge in [0.05, 0.1) is 28.4 Å². The Bertz CT molecular complexity index is 1910. The molecule has 0 bridgehead atoms. The first-order valence-electron chi connectivity index (χ1n) is 13.1. The maximum atomic E-state index is 13.8. The van der Waals surface area contributed by atoms with Gasteiger partial charge >= 0.3 is 0 Å². The Kier molecular flexibility index (Phi) is 7.55. The Hall–Kier alpha value is -4.45. The lowest BCUT2D eigenvalue weighted by Crippen LogP contribution is -2.36. The van der Waals surface area contributed by atoms with Crippen LogP contribution in [-0.4, -0.2) is 43.5 Å². The van der Waals surface area contributed by atoms with Crippen LogP contribution in [0, 0.1) is 5.82 Å². The number of amides is 1. The molecule has 0 spiro atoms. The molecule has 0 saturated heterocycles. The van der Waals surface area contributed by atoms with Gasteiger partial charge in [-0.05, 0) is 77.7 Å². The third-order valence-corrected chi connectivity index (χ3v) is 9.84. The van der Waals surface area contributed by atoms with Crippen molar-refractivity contribution in [3.8, 4) is 5.75 Å². The van der Waals surface area contributed by atoms with E-state index in [0.29, 0.717) is 41.5 Å². The van der Waals surface area contributed by atoms with E-state index in [1.54, 1.807) is 31.4 Å². The van der Waals surface area contributed by atoms with Crippen LogP contribution in [-0.2, 0) is 23.0 Å². The molecule has 212 valence electrons. The number of rotatable bonds is 7. The first kappa shape index (κ1) is 27.7. The third-order valence-electron chi connectivity index (χ3n) is 6.98. The highest BCUT2D eigenvalue weighted by molar-refractivity contribution is 7.89. The van der Waals surface area contributed by atoms with E-state index in [-0.39, 0.29) is 16.3 Å². The molecule has 5 aromatic rings. The minimum atomic E-state index is -3.77. The predicted octanol–water partition coefficient (Wildman–Crippen LogP) is 5.87. The summed E-state index contributed by atoms with van der Waals surface area (Å²) in [6.07, 6.45) is 2.08. The number of methoxy groups -OCH3 is 1. The van der Waals surface area contributed by atoms with E-state index in [0.717, 1.165) is 20.8 Å². The summed E-state index contributed by atoms with van der Waals surface area (Å²) in [5.41, 5.74) is 3.62. The smallest absolute Gasteiger partial charge is 0.280 e. The second kappa shape index (κ2) is 11.4. The van der Waals surface area contributed by atoms with Crippen molar-refractivity contribution in [2.24, 2.45) is 5.10 Å². The van der Waals surface area contributed by atoms with Gasteiger partial charge in [-0.25, -0.2) is 17.8 Å². The fourth-order valence-electron chi connectivity index (χ4n) is 4.69. The molecule has 0 atom stereocenters. The van der Waals surface area contributed by atoms with Crippen molar-refractivity contribution in [3.63, 3.8) is 0 Å². The van der Waals surface area contributed by atoms with E-state index in [1.807, 2.05) is 30.3 Å².